The second-order valence-electron chi connectivity index (χ2n) is 5.13. The smallest absolute Gasteiger partial charge is 0.147 e. The zero-order valence-electron chi connectivity index (χ0n) is 11.9. The van der Waals surface area contributed by atoms with Gasteiger partial charge in [0.25, 0.3) is 0 Å². The topological polar surface area (TPSA) is 35.8 Å². The van der Waals surface area contributed by atoms with Crippen LogP contribution in [0.15, 0.2) is 36.4 Å². The van der Waals surface area contributed by atoms with Crippen molar-refractivity contribution >= 4 is 11.4 Å². The van der Waals surface area contributed by atoms with Crippen LogP contribution in [0.4, 0.5) is 15.8 Å². The van der Waals surface area contributed by atoms with Gasteiger partial charge in [0.2, 0.25) is 0 Å². The van der Waals surface area contributed by atoms with Crippen molar-refractivity contribution in [2.45, 2.75) is 26.7 Å². The molecule has 0 saturated carbocycles. The summed E-state index contributed by atoms with van der Waals surface area (Å²) < 4.78 is 14.0. The third kappa shape index (κ3) is 2.80. The van der Waals surface area contributed by atoms with E-state index < -0.39 is 5.82 Å². The van der Waals surface area contributed by atoms with Gasteiger partial charge in [-0.3, -0.25) is 0 Å². The van der Waals surface area contributed by atoms with Crippen LogP contribution >= 0.6 is 0 Å². The van der Waals surface area contributed by atoms with Crippen LogP contribution in [0.1, 0.15) is 36.5 Å². The van der Waals surface area contributed by atoms with Gasteiger partial charge in [0.15, 0.2) is 0 Å². The number of nitrogens with zero attached hydrogens (tertiary/aromatic N) is 1. The van der Waals surface area contributed by atoms with Crippen molar-refractivity contribution in [2.24, 2.45) is 0 Å². The monoisotopic (exact) mass is 268 g/mol. The van der Waals surface area contributed by atoms with Crippen LogP contribution in [-0.4, -0.2) is 0 Å². The SMILES string of the molecule is Cc1cccc(C(C)C)c1Nc1ccc(C#N)cc1F. The lowest BCUT2D eigenvalue weighted by Gasteiger charge is -2.17. The Labute approximate surface area is 118 Å². The summed E-state index contributed by atoms with van der Waals surface area (Å²) in [6.07, 6.45) is 0. The number of aryl methyl sites for hydroxylation is 1. The number of anilines is 2. The first-order valence-electron chi connectivity index (χ1n) is 6.59. The third-order valence-corrected chi connectivity index (χ3v) is 3.28. The quantitative estimate of drug-likeness (QED) is 0.861. The van der Waals surface area contributed by atoms with Gasteiger partial charge in [-0.2, -0.15) is 5.26 Å². The maximum absolute atomic E-state index is 14.0. The summed E-state index contributed by atoms with van der Waals surface area (Å²) in [5.41, 5.74) is 3.86. The van der Waals surface area contributed by atoms with Crippen molar-refractivity contribution in [3.8, 4) is 6.07 Å². The molecule has 0 bridgehead atoms. The molecule has 0 heterocycles. The van der Waals surface area contributed by atoms with Crippen LogP contribution in [-0.2, 0) is 0 Å². The molecule has 0 amide bonds. The number of hydrogen-bond donors (Lipinski definition) is 1. The summed E-state index contributed by atoms with van der Waals surface area (Å²) in [5.74, 6) is -0.0687. The van der Waals surface area contributed by atoms with E-state index in [2.05, 4.69) is 19.2 Å². The molecule has 0 aliphatic heterocycles. The first-order chi connectivity index (χ1) is 9.52. The van der Waals surface area contributed by atoms with Gasteiger partial charge in [-0.25, -0.2) is 4.39 Å². The Hall–Kier alpha value is -2.34. The number of hydrogen-bond acceptors (Lipinski definition) is 2. The molecule has 0 atom stereocenters. The van der Waals surface area contributed by atoms with Gasteiger partial charge in [0.05, 0.1) is 17.3 Å². The predicted octanol–water partition coefficient (Wildman–Crippen LogP) is 4.87. The third-order valence-electron chi connectivity index (χ3n) is 3.28. The molecule has 0 aromatic heterocycles. The molecule has 0 aliphatic carbocycles. The first-order valence-corrected chi connectivity index (χ1v) is 6.59. The molecule has 2 nitrogen and oxygen atoms in total. The van der Waals surface area contributed by atoms with Crippen molar-refractivity contribution in [1.82, 2.24) is 0 Å². The van der Waals surface area contributed by atoms with E-state index in [1.807, 2.05) is 31.2 Å². The van der Waals surface area contributed by atoms with Crippen LogP contribution in [0, 0.1) is 24.1 Å². The molecule has 3 heteroatoms. The molecule has 0 saturated heterocycles. The lowest BCUT2D eigenvalue weighted by molar-refractivity contribution is 0.631. The first kappa shape index (κ1) is 14.1. The Balaban J connectivity index is 2.43. The second-order valence-corrected chi connectivity index (χ2v) is 5.13. The van der Waals surface area contributed by atoms with E-state index in [9.17, 15) is 4.39 Å². The van der Waals surface area contributed by atoms with Crippen molar-refractivity contribution < 1.29 is 4.39 Å². The number of nitriles is 1. The fourth-order valence-electron chi connectivity index (χ4n) is 2.16. The van der Waals surface area contributed by atoms with Crippen LogP contribution in [0.3, 0.4) is 0 Å². The van der Waals surface area contributed by atoms with Gasteiger partial charge >= 0.3 is 0 Å². The summed E-state index contributed by atoms with van der Waals surface area (Å²) in [4.78, 5) is 0. The van der Waals surface area contributed by atoms with Gasteiger partial charge < -0.3 is 5.32 Å². The van der Waals surface area contributed by atoms with Crippen LogP contribution in [0.2, 0.25) is 0 Å². The molecule has 2 aromatic carbocycles. The molecule has 2 aromatic rings. The van der Waals surface area contributed by atoms with Gasteiger partial charge in [0, 0.05) is 5.69 Å². The van der Waals surface area contributed by atoms with E-state index in [1.54, 1.807) is 12.1 Å². The Morgan fingerprint density at radius 2 is 1.95 bits per heavy atom. The van der Waals surface area contributed by atoms with E-state index in [1.165, 1.54) is 6.07 Å². The molecule has 2 rings (SSSR count). The van der Waals surface area contributed by atoms with Crippen molar-refractivity contribution in [3.63, 3.8) is 0 Å². The highest BCUT2D eigenvalue weighted by Gasteiger charge is 2.11. The summed E-state index contributed by atoms with van der Waals surface area (Å²) in [6.45, 7) is 6.21. The largest absolute Gasteiger partial charge is 0.353 e. The minimum absolute atomic E-state index is 0.321. The molecule has 0 spiro atoms. The highest BCUT2D eigenvalue weighted by Crippen LogP contribution is 2.31. The Bertz CT molecular complexity index is 669. The average Bonchev–Trinajstić information content (AvgIpc) is 2.42. The number of rotatable bonds is 3. The maximum Gasteiger partial charge on any atom is 0.147 e. The molecule has 0 radical (unpaired) electrons. The fourth-order valence-corrected chi connectivity index (χ4v) is 2.16. The lowest BCUT2D eigenvalue weighted by Crippen LogP contribution is -2.02. The van der Waals surface area contributed by atoms with E-state index in [0.717, 1.165) is 16.8 Å². The summed E-state index contributed by atoms with van der Waals surface area (Å²) in [5, 5.41) is 11.9. The fraction of sp³-hybridized carbons (Fsp3) is 0.235. The standard InChI is InChI=1S/C17H17FN2/c1-11(2)14-6-4-5-12(3)17(14)20-16-8-7-13(10-19)9-15(16)18/h4-9,11,20H,1-3H3. The zero-order valence-corrected chi connectivity index (χ0v) is 11.9. The molecule has 0 fully saturated rings. The van der Waals surface area contributed by atoms with E-state index in [4.69, 9.17) is 5.26 Å². The molecule has 20 heavy (non-hydrogen) atoms. The Kier molecular flexibility index (Phi) is 4.05. The van der Waals surface area contributed by atoms with Crippen molar-refractivity contribution in [3.05, 3.63) is 58.9 Å². The second kappa shape index (κ2) is 5.75. The summed E-state index contributed by atoms with van der Waals surface area (Å²) in [7, 11) is 0. The number of benzene rings is 2. The summed E-state index contributed by atoms with van der Waals surface area (Å²) >= 11 is 0. The maximum atomic E-state index is 14.0. The number of nitrogens with one attached hydrogen (secondary N) is 1. The molecular formula is C17H17FN2. The Morgan fingerprint density at radius 1 is 1.20 bits per heavy atom. The van der Waals surface area contributed by atoms with Gasteiger partial charge in [-0.1, -0.05) is 32.0 Å². The highest BCUT2D eigenvalue weighted by atomic mass is 19.1. The molecule has 0 unspecified atom stereocenters. The van der Waals surface area contributed by atoms with Crippen LogP contribution in [0.25, 0.3) is 0 Å². The van der Waals surface area contributed by atoms with Crippen molar-refractivity contribution in [1.29, 1.82) is 5.26 Å². The zero-order chi connectivity index (χ0) is 14.7. The van der Waals surface area contributed by atoms with E-state index in [-0.39, 0.29) is 0 Å². The number of halogens is 1. The predicted molar refractivity (Wildman–Crippen MR) is 79.7 cm³/mol. The molecular weight excluding hydrogens is 251 g/mol. The normalized spacial score (nSPS) is 10.4. The van der Waals surface area contributed by atoms with E-state index in [0.29, 0.717) is 17.2 Å². The van der Waals surface area contributed by atoms with Crippen LogP contribution in [0.5, 0.6) is 0 Å². The minimum Gasteiger partial charge on any atom is -0.353 e. The minimum atomic E-state index is -0.415. The number of para-hydroxylation sites is 1. The summed E-state index contributed by atoms with van der Waals surface area (Å²) in [6, 6.07) is 12.4. The van der Waals surface area contributed by atoms with Crippen LogP contribution < -0.4 is 5.32 Å². The molecule has 0 aliphatic rings. The lowest BCUT2D eigenvalue weighted by atomic mass is 9.98. The Morgan fingerprint density at radius 3 is 2.55 bits per heavy atom. The van der Waals surface area contributed by atoms with Gasteiger partial charge in [-0.05, 0) is 42.2 Å². The van der Waals surface area contributed by atoms with E-state index >= 15 is 0 Å². The van der Waals surface area contributed by atoms with Crippen molar-refractivity contribution in [2.75, 3.05) is 5.32 Å². The average molecular weight is 268 g/mol. The van der Waals surface area contributed by atoms with Gasteiger partial charge in [-0.15, -0.1) is 0 Å². The highest BCUT2D eigenvalue weighted by molar-refractivity contribution is 5.68. The molecule has 102 valence electrons. The van der Waals surface area contributed by atoms with Gasteiger partial charge in [0.1, 0.15) is 5.82 Å². The molecule has 1 N–H and O–H groups in total.